The Labute approximate surface area is 183 Å². The summed E-state index contributed by atoms with van der Waals surface area (Å²) in [6.45, 7) is 6.76. The van der Waals surface area contributed by atoms with Gasteiger partial charge in [0.15, 0.2) is 0 Å². The van der Waals surface area contributed by atoms with Gasteiger partial charge in [0.1, 0.15) is 5.75 Å². The van der Waals surface area contributed by atoms with Gasteiger partial charge in [-0.05, 0) is 75.1 Å². The van der Waals surface area contributed by atoms with Crippen LogP contribution in [0.25, 0.3) is 0 Å². The number of carbonyl (C=O) groups is 1. The van der Waals surface area contributed by atoms with E-state index in [2.05, 4.69) is 5.32 Å². The molecule has 0 bridgehead atoms. The summed E-state index contributed by atoms with van der Waals surface area (Å²) in [4.78, 5) is 12.9. The molecule has 2 aromatic rings. The number of carbonyl (C=O) groups excluding carboxylic acids is 1. The molecule has 2 aromatic carbocycles. The molecule has 1 amide bonds. The summed E-state index contributed by atoms with van der Waals surface area (Å²) < 4.78 is 33.0. The minimum atomic E-state index is -3.61. The highest BCUT2D eigenvalue weighted by Crippen LogP contribution is 2.28. The molecule has 3 rings (SSSR count). The van der Waals surface area contributed by atoms with Crippen molar-refractivity contribution in [3.05, 3.63) is 52.5 Å². The summed E-state index contributed by atoms with van der Waals surface area (Å²) in [5.74, 6) is 0.342. The van der Waals surface area contributed by atoms with Crippen molar-refractivity contribution in [3.8, 4) is 5.75 Å². The molecule has 1 saturated heterocycles. The van der Waals surface area contributed by atoms with Crippen molar-refractivity contribution in [2.24, 2.45) is 5.92 Å². The number of halogens is 1. The first-order valence-corrected chi connectivity index (χ1v) is 11.8. The van der Waals surface area contributed by atoms with E-state index in [4.69, 9.17) is 16.3 Å². The quantitative estimate of drug-likeness (QED) is 0.707. The number of sulfonamides is 1. The second kappa shape index (κ2) is 9.37. The number of anilines is 1. The SMILES string of the molecule is CCOc1ccc(S(=O)(=O)N2CCC(C(=O)Nc3cc(Cl)ccc3C)CC2)cc1C. The number of aryl methyl sites for hydroxylation is 2. The molecular formula is C22H27ClN2O4S. The number of ether oxygens (including phenoxy) is 1. The monoisotopic (exact) mass is 450 g/mol. The minimum absolute atomic E-state index is 0.102. The van der Waals surface area contributed by atoms with E-state index in [9.17, 15) is 13.2 Å². The van der Waals surface area contributed by atoms with E-state index in [-0.39, 0.29) is 16.7 Å². The van der Waals surface area contributed by atoms with Gasteiger partial charge in [-0.15, -0.1) is 0 Å². The van der Waals surface area contributed by atoms with Crippen molar-refractivity contribution < 1.29 is 17.9 Å². The molecule has 0 aromatic heterocycles. The van der Waals surface area contributed by atoms with Crippen LogP contribution in [-0.2, 0) is 14.8 Å². The maximum Gasteiger partial charge on any atom is 0.243 e. The van der Waals surface area contributed by atoms with Gasteiger partial charge in [-0.1, -0.05) is 17.7 Å². The molecule has 0 atom stereocenters. The summed E-state index contributed by atoms with van der Waals surface area (Å²) in [5.41, 5.74) is 2.40. The second-order valence-corrected chi connectivity index (χ2v) is 9.86. The first-order chi connectivity index (χ1) is 14.2. The van der Waals surface area contributed by atoms with Crippen LogP contribution in [0.15, 0.2) is 41.3 Å². The predicted octanol–water partition coefficient (Wildman–Crippen LogP) is 4.39. The molecule has 1 aliphatic heterocycles. The van der Waals surface area contributed by atoms with E-state index < -0.39 is 10.0 Å². The fraction of sp³-hybridized carbons (Fsp3) is 0.409. The van der Waals surface area contributed by atoms with Gasteiger partial charge in [0, 0.05) is 29.7 Å². The summed E-state index contributed by atoms with van der Waals surface area (Å²) in [6.07, 6.45) is 0.946. The van der Waals surface area contributed by atoms with E-state index in [1.807, 2.05) is 26.8 Å². The lowest BCUT2D eigenvalue weighted by Gasteiger charge is -2.30. The van der Waals surface area contributed by atoms with Crippen LogP contribution in [0.2, 0.25) is 5.02 Å². The molecule has 0 spiro atoms. The molecular weight excluding hydrogens is 424 g/mol. The zero-order valence-electron chi connectivity index (χ0n) is 17.4. The first-order valence-electron chi connectivity index (χ1n) is 10.0. The van der Waals surface area contributed by atoms with Crippen LogP contribution in [0.1, 0.15) is 30.9 Å². The Kier molecular flexibility index (Phi) is 7.06. The third-order valence-corrected chi connectivity index (χ3v) is 7.50. The number of hydrogen-bond donors (Lipinski definition) is 1. The van der Waals surface area contributed by atoms with Crippen LogP contribution < -0.4 is 10.1 Å². The Morgan fingerprint density at radius 1 is 1.13 bits per heavy atom. The molecule has 1 fully saturated rings. The van der Waals surface area contributed by atoms with Crippen molar-refractivity contribution >= 4 is 33.2 Å². The molecule has 0 saturated carbocycles. The van der Waals surface area contributed by atoms with Crippen molar-refractivity contribution in [2.75, 3.05) is 25.0 Å². The van der Waals surface area contributed by atoms with Gasteiger partial charge in [-0.2, -0.15) is 4.31 Å². The van der Waals surface area contributed by atoms with Crippen LogP contribution >= 0.6 is 11.6 Å². The molecule has 1 heterocycles. The van der Waals surface area contributed by atoms with Gasteiger partial charge < -0.3 is 10.1 Å². The lowest BCUT2D eigenvalue weighted by Crippen LogP contribution is -2.41. The van der Waals surface area contributed by atoms with Crippen LogP contribution in [0, 0.1) is 19.8 Å². The Balaban J connectivity index is 1.65. The third-order valence-electron chi connectivity index (χ3n) is 5.37. The van der Waals surface area contributed by atoms with E-state index in [1.54, 1.807) is 30.3 Å². The highest BCUT2D eigenvalue weighted by atomic mass is 35.5. The number of nitrogens with one attached hydrogen (secondary N) is 1. The van der Waals surface area contributed by atoms with E-state index in [0.29, 0.717) is 49.0 Å². The lowest BCUT2D eigenvalue weighted by atomic mass is 9.97. The number of benzene rings is 2. The highest BCUT2D eigenvalue weighted by molar-refractivity contribution is 7.89. The minimum Gasteiger partial charge on any atom is -0.494 e. The van der Waals surface area contributed by atoms with Crippen molar-refractivity contribution in [1.29, 1.82) is 0 Å². The van der Waals surface area contributed by atoms with Gasteiger partial charge >= 0.3 is 0 Å². The molecule has 0 radical (unpaired) electrons. The zero-order valence-corrected chi connectivity index (χ0v) is 19.0. The normalized spacial score (nSPS) is 15.7. The Hall–Kier alpha value is -2.09. The first kappa shape index (κ1) is 22.6. The number of hydrogen-bond acceptors (Lipinski definition) is 4. The van der Waals surface area contributed by atoms with Gasteiger partial charge in [0.25, 0.3) is 0 Å². The lowest BCUT2D eigenvalue weighted by molar-refractivity contribution is -0.120. The van der Waals surface area contributed by atoms with Crippen molar-refractivity contribution in [2.45, 2.75) is 38.5 Å². The molecule has 1 aliphatic rings. The maximum atomic E-state index is 13.0. The van der Waals surface area contributed by atoms with Gasteiger partial charge in [0.05, 0.1) is 11.5 Å². The fourth-order valence-corrected chi connectivity index (χ4v) is 5.30. The fourth-order valence-electron chi connectivity index (χ4n) is 3.57. The van der Waals surface area contributed by atoms with Crippen molar-refractivity contribution in [1.82, 2.24) is 4.31 Å². The smallest absolute Gasteiger partial charge is 0.243 e. The van der Waals surface area contributed by atoms with Crippen LogP contribution in [-0.4, -0.2) is 38.3 Å². The molecule has 1 N–H and O–H groups in total. The van der Waals surface area contributed by atoms with Crippen molar-refractivity contribution in [3.63, 3.8) is 0 Å². The molecule has 6 nitrogen and oxygen atoms in total. The maximum absolute atomic E-state index is 13.0. The number of amides is 1. The Morgan fingerprint density at radius 2 is 1.83 bits per heavy atom. The highest BCUT2D eigenvalue weighted by Gasteiger charge is 2.32. The molecule has 8 heteroatoms. The molecule has 162 valence electrons. The third kappa shape index (κ3) is 4.96. The molecule has 0 unspecified atom stereocenters. The van der Waals surface area contributed by atoms with Gasteiger partial charge in [-0.25, -0.2) is 8.42 Å². The molecule has 30 heavy (non-hydrogen) atoms. The van der Waals surface area contributed by atoms with Gasteiger partial charge in [0.2, 0.25) is 15.9 Å². The van der Waals surface area contributed by atoms with E-state index >= 15 is 0 Å². The van der Waals surface area contributed by atoms with Gasteiger partial charge in [-0.3, -0.25) is 4.79 Å². The summed E-state index contributed by atoms with van der Waals surface area (Å²) >= 11 is 6.02. The standard InChI is InChI=1S/C22H27ClN2O4S/c1-4-29-21-8-7-19(13-16(21)3)30(27,28)25-11-9-17(10-12-25)22(26)24-20-14-18(23)6-5-15(20)2/h5-8,13-14,17H,4,9-12H2,1-3H3,(H,24,26). The number of piperidine rings is 1. The van der Waals surface area contributed by atoms with E-state index in [0.717, 1.165) is 11.1 Å². The second-order valence-electron chi connectivity index (χ2n) is 7.49. The zero-order chi connectivity index (χ0) is 21.9. The van der Waals surface area contributed by atoms with Crippen LogP contribution in [0.3, 0.4) is 0 Å². The Bertz CT molecular complexity index is 1030. The average molecular weight is 451 g/mol. The average Bonchev–Trinajstić information content (AvgIpc) is 2.72. The summed E-state index contributed by atoms with van der Waals surface area (Å²) in [7, 11) is -3.61. The summed E-state index contributed by atoms with van der Waals surface area (Å²) in [5, 5.41) is 3.48. The summed E-state index contributed by atoms with van der Waals surface area (Å²) in [6, 6.07) is 10.3. The largest absolute Gasteiger partial charge is 0.494 e. The number of nitrogens with zero attached hydrogens (tertiary/aromatic N) is 1. The van der Waals surface area contributed by atoms with Crippen LogP contribution in [0.4, 0.5) is 5.69 Å². The Morgan fingerprint density at radius 3 is 2.47 bits per heavy atom. The van der Waals surface area contributed by atoms with Crippen LogP contribution in [0.5, 0.6) is 5.75 Å². The predicted molar refractivity (Wildman–Crippen MR) is 119 cm³/mol. The van der Waals surface area contributed by atoms with E-state index in [1.165, 1.54) is 4.31 Å². The number of rotatable bonds is 6. The molecule has 0 aliphatic carbocycles. The topological polar surface area (TPSA) is 75.7 Å².